The van der Waals surface area contributed by atoms with Crippen molar-refractivity contribution in [3.05, 3.63) is 17.5 Å². The Bertz CT molecular complexity index is 395. The van der Waals surface area contributed by atoms with Crippen LogP contribution in [0.15, 0.2) is 6.07 Å². The molecule has 17 heavy (non-hydrogen) atoms. The van der Waals surface area contributed by atoms with Gasteiger partial charge in [0.1, 0.15) is 5.69 Å². The van der Waals surface area contributed by atoms with Gasteiger partial charge in [-0.3, -0.25) is 9.48 Å². The van der Waals surface area contributed by atoms with Crippen LogP contribution in [0.1, 0.15) is 75.1 Å². The third-order valence-corrected chi connectivity index (χ3v) is 3.56. The van der Waals surface area contributed by atoms with Crippen LogP contribution >= 0.6 is 0 Å². The van der Waals surface area contributed by atoms with Crippen molar-refractivity contribution in [3.8, 4) is 0 Å². The number of aldehydes is 1. The van der Waals surface area contributed by atoms with Crippen molar-refractivity contribution in [1.29, 1.82) is 0 Å². The lowest BCUT2D eigenvalue weighted by molar-refractivity contribution is 0.111. The van der Waals surface area contributed by atoms with Crippen molar-refractivity contribution >= 4 is 6.29 Å². The quantitative estimate of drug-likeness (QED) is 0.734. The van der Waals surface area contributed by atoms with Crippen LogP contribution in [-0.2, 0) is 5.41 Å². The highest BCUT2D eigenvalue weighted by molar-refractivity contribution is 5.71. The second-order valence-electron chi connectivity index (χ2n) is 6.06. The van der Waals surface area contributed by atoms with Gasteiger partial charge in [0.15, 0.2) is 6.29 Å². The summed E-state index contributed by atoms with van der Waals surface area (Å²) in [7, 11) is 0. The van der Waals surface area contributed by atoms with Crippen LogP contribution < -0.4 is 0 Å². The molecule has 1 aromatic heterocycles. The molecule has 94 valence electrons. The van der Waals surface area contributed by atoms with Crippen LogP contribution in [0.3, 0.4) is 0 Å². The molecule has 1 aromatic rings. The van der Waals surface area contributed by atoms with Crippen LogP contribution in [-0.4, -0.2) is 16.1 Å². The van der Waals surface area contributed by atoms with Crippen molar-refractivity contribution in [3.63, 3.8) is 0 Å². The SMILES string of the molecule is CC(C)(C)c1cc(C=O)nn1C1CCCCC1. The number of hydrogen-bond acceptors (Lipinski definition) is 2. The number of carbonyl (C=O) groups excluding carboxylic acids is 1. The van der Waals surface area contributed by atoms with Gasteiger partial charge >= 0.3 is 0 Å². The smallest absolute Gasteiger partial charge is 0.170 e. The number of hydrogen-bond donors (Lipinski definition) is 0. The first-order chi connectivity index (χ1) is 8.02. The highest BCUT2D eigenvalue weighted by Crippen LogP contribution is 2.32. The molecule has 0 aliphatic heterocycles. The molecule has 0 spiro atoms. The molecular weight excluding hydrogens is 212 g/mol. The van der Waals surface area contributed by atoms with E-state index in [0.29, 0.717) is 11.7 Å². The van der Waals surface area contributed by atoms with E-state index in [2.05, 4.69) is 30.6 Å². The van der Waals surface area contributed by atoms with E-state index >= 15 is 0 Å². The molecule has 0 amide bonds. The number of nitrogens with zero attached hydrogens (tertiary/aromatic N) is 2. The summed E-state index contributed by atoms with van der Waals surface area (Å²) in [5.74, 6) is 0. The molecule has 1 aliphatic rings. The van der Waals surface area contributed by atoms with Crippen molar-refractivity contribution in [2.75, 3.05) is 0 Å². The molecule has 0 bridgehead atoms. The fourth-order valence-electron chi connectivity index (χ4n) is 2.64. The zero-order valence-electron chi connectivity index (χ0n) is 11.1. The molecule has 0 N–H and O–H groups in total. The third-order valence-electron chi connectivity index (χ3n) is 3.56. The third kappa shape index (κ3) is 2.59. The lowest BCUT2D eigenvalue weighted by Gasteiger charge is -2.28. The lowest BCUT2D eigenvalue weighted by atomic mass is 9.89. The summed E-state index contributed by atoms with van der Waals surface area (Å²) in [6, 6.07) is 2.44. The van der Waals surface area contributed by atoms with Crippen LogP contribution in [0.5, 0.6) is 0 Å². The number of carbonyl (C=O) groups is 1. The molecule has 0 atom stereocenters. The minimum absolute atomic E-state index is 0.0473. The van der Waals surface area contributed by atoms with E-state index in [9.17, 15) is 4.79 Å². The summed E-state index contributed by atoms with van der Waals surface area (Å²) in [6.07, 6.45) is 7.15. The first kappa shape index (κ1) is 12.3. The minimum atomic E-state index is 0.0473. The highest BCUT2D eigenvalue weighted by atomic mass is 16.1. The van der Waals surface area contributed by atoms with Crippen LogP contribution in [0, 0.1) is 0 Å². The van der Waals surface area contributed by atoms with E-state index in [1.165, 1.54) is 37.8 Å². The van der Waals surface area contributed by atoms with Crippen molar-refractivity contribution in [2.24, 2.45) is 0 Å². The summed E-state index contributed by atoms with van der Waals surface area (Å²) in [6.45, 7) is 6.54. The van der Waals surface area contributed by atoms with E-state index in [1.54, 1.807) is 0 Å². The Morgan fingerprint density at radius 1 is 1.29 bits per heavy atom. The molecule has 0 aromatic carbocycles. The van der Waals surface area contributed by atoms with Gasteiger partial charge in [-0.1, -0.05) is 40.0 Å². The standard InChI is InChI=1S/C14H22N2O/c1-14(2,3)13-9-11(10-17)15-16(13)12-7-5-4-6-8-12/h9-10,12H,4-8H2,1-3H3. The van der Waals surface area contributed by atoms with Crippen LogP contribution in [0.25, 0.3) is 0 Å². The Morgan fingerprint density at radius 3 is 2.47 bits per heavy atom. The second-order valence-corrected chi connectivity index (χ2v) is 6.06. The van der Waals surface area contributed by atoms with Gasteiger partial charge in [-0.05, 0) is 18.9 Å². The van der Waals surface area contributed by atoms with Gasteiger partial charge in [-0.2, -0.15) is 5.10 Å². The zero-order chi connectivity index (χ0) is 12.5. The van der Waals surface area contributed by atoms with Gasteiger partial charge in [-0.25, -0.2) is 0 Å². The zero-order valence-corrected chi connectivity index (χ0v) is 11.1. The summed E-state index contributed by atoms with van der Waals surface area (Å²) >= 11 is 0. The summed E-state index contributed by atoms with van der Waals surface area (Å²) in [5, 5.41) is 4.47. The molecule has 1 fully saturated rings. The Hall–Kier alpha value is -1.12. The summed E-state index contributed by atoms with van der Waals surface area (Å²) in [5.41, 5.74) is 1.80. The first-order valence-electron chi connectivity index (χ1n) is 6.57. The monoisotopic (exact) mass is 234 g/mol. The molecule has 0 radical (unpaired) electrons. The molecule has 3 nitrogen and oxygen atoms in total. The van der Waals surface area contributed by atoms with Gasteiger partial charge in [0.05, 0.1) is 6.04 Å². The molecule has 3 heteroatoms. The van der Waals surface area contributed by atoms with Crippen molar-refractivity contribution in [2.45, 2.75) is 64.3 Å². The molecule has 0 saturated heterocycles. The Balaban J connectivity index is 2.36. The van der Waals surface area contributed by atoms with Crippen molar-refractivity contribution < 1.29 is 4.79 Å². The highest BCUT2D eigenvalue weighted by Gasteiger charge is 2.26. The Kier molecular flexibility index (Phi) is 3.36. The van der Waals surface area contributed by atoms with Gasteiger partial charge < -0.3 is 0 Å². The summed E-state index contributed by atoms with van der Waals surface area (Å²) in [4.78, 5) is 10.9. The maximum atomic E-state index is 10.9. The topological polar surface area (TPSA) is 34.9 Å². The van der Waals surface area contributed by atoms with Crippen molar-refractivity contribution in [1.82, 2.24) is 9.78 Å². The second kappa shape index (κ2) is 4.63. The molecular formula is C14H22N2O. The van der Waals surface area contributed by atoms with Gasteiger partial charge in [-0.15, -0.1) is 0 Å². The summed E-state index contributed by atoms with van der Waals surface area (Å²) < 4.78 is 2.11. The van der Waals surface area contributed by atoms with Crippen LogP contribution in [0.2, 0.25) is 0 Å². The Morgan fingerprint density at radius 2 is 1.94 bits per heavy atom. The number of rotatable bonds is 2. The van der Waals surface area contributed by atoms with E-state index in [4.69, 9.17) is 0 Å². The fraction of sp³-hybridized carbons (Fsp3) is 0.714. The van der Waals surface area contributed by atoms with E-state index in [-0.39, 0.29) is 5.41 Å². The minimum Gasteiger partial charge on any atom is -0.296 e. The first-order valence-corrected chi connectivity index (χ1v) is 6.57. The normalized spacial score (nSPS) is 18.3. The number of aromatic nitrogens is 2. The average Bonchev–Trinajstić information content (AvgIpc) is 2.74. The van der Waals surface area contributed by atoms with E-state index < -0.39 is 0 Å². The predicted molar refractivity (Wildman–Crippen MR) is 68.4 cm³/mol. The lowest BCUT2D eigenvalue weighted by Crippen LogP contribution is -2.23. The van der Waals surface area contributed by atoms with E-state index in [0.717, 1.165) is 6.29 Å². The largest absolute Gasteiger partial charge is 0.296 e. The van der Waals surface area contributed by atoms with Gasteiger partial charge in [0.25, 0.3) is 0 Å². The fourth-order valence-corrected chi connectivity index (χ4v) is 2.64. The molecule has 0 unspecified atom stereocenters. The maximum Gasteiger partial charge on any atom is 0.170 e. The van der Waals surface area contributed by atoms with E-state index in [1.807, 2.05) is 6.07 Å². The van der Waals surface area contributed by atoms with Gasteiger partial charge in [0.2, 0.25) is 0 Å². The maximum absolute atomic E-state index is 10.9. The molecule has 1 saturated carbocycles. The molecule has 1 heterocycles. The van der Waals surface area contributed by atoms with Crippen LogP contribution in [0.4, 0.5) is 0 Å². The van der Waals surface area contributed by atoms with Gasteiger partial charge in [0, 0.05) is 11.1 Å². The Labute approximate surface area is 103 Å². The molecule has 1 aliphatic carbocycles. The molecule has 2 rings (SSSR count). The average molecular weight is 234 g/mol. The predicted octanol–water partition coefficient (Wildman–Crippen LogP) is 3.50.